The number of hydrogen-bond acceptors (Lipinski definition) is 4. The summed E-state index contributed by atoms with van der Waals surface area (Å²) in [7, 11) is 0. The standard InChI is InChI=1S/C9H13NO4/c1-3-13-10-5-7-4-6(2)8(14-7)9(11)12/h4,10H,3,5H2,1-2H3,(H,11,12). The number of carboxylic acid groups (broad SMARTS) is 1. The molecule has 0 spiro atoms. The Bertz CT molecular complexity index is 319. The summed E-state index contributed by atoms with van der Waals surface area (Å²) >= 11 is 0. The van der Waals surface area contributed by atoms with E-state index in [1.807, 2.05) is 6.92 Å². The average molecular weight is 199 g/mol. The Morgan fingerprint density at radius 1 is 1.71 bits per heavy atom. The van der Waals surface area contributed by atoms with Gasteiger partial charge in [-0.2, -0.15) is 5.48 Å². The maximum Gasteiger partial charge on any atom is 0.372 e. The molecule has 1 rings (SSSR count). The second-order valence-electron chi connectivity index (χ2n) is 2.78. The van der Waals surface area contributed by atoms with Crippen molar-refractivity contribution >= 4 is 5.97 Å². The molecule has 0 fully saturated rings. The van der Waals surface area contributed by atoms with Crippen LogP contribution in [0, 0.1) is 6.92 Å². The molecule has 0 saturated carbocycles. The fourth-order valence-electron chi connectivity index (χ4n) is 1.07. The van der Waals surface area contributed by atoms with Gasteiger partial charge in [0.1, 0.15) is 5.76 Å². The topological polar surface area (TPSA) is 71.7 Å². The van der Waals surface area contributed by atoms with Crippen molar-refractivity contribution in [2.45, 2.75) is 20.4 Å². The van der Waals surface area contributed by atoms with Crippen LogP contribution >= 0.6 is 0 Å². The largest absolute Gasteiger partial charge is 0.475 e. The first-order valence-electron chi connectivity index (χ1n) is 4.32. The first-order chi connectivity index (χ1) is 6.65. The van der Waals surface area contributed by atoms with Crippen LogP contribution in [-0.2, 0) is 11.4 Å². The molecule has 0 amide bonds. The number of carboxylic acids is 1. The third kappa shape index (κ3) is 2.58. The number of hydroxylamine groups is 1. The molecule has 0 atom stereocenters. The summed E-state index contributed by atoms with van der Waals surface area (Å²) in [6, 6.07) is 1.68. The van der Waals surface area contributed by atoms with E-state index in [2.05, 4.69) is 5.48 Å². The van der Waals surface area contributed by atoms with Gasteiger partial charge in [-0.15, -0.1) is 0 Å². The van der Waals surface area contributed by atoms with Crippen LogP contribution in [-0.4, -0.2) is 17.7 Å². The molecule has 1 heterocycles. The van der Waals surface area contributed by atoms with Crippen LogP contribution < -0.4 is 5.48 Å². The number of nitrogens with one attached hydrogen (secondary N) is 1. The Kier molecular flexibility index (Phi) is 3.67. The zero-order valence-electron chi connectivity index (χ0n) is 8.16. The highest BCUT2D eigenvalue weighted by atomic mass is 16.6. The van der Waals surface area contributed by atoms with Crippen LogP contribution in [0.25, 0.3) is 0 Å². The van der Waals surface area contributed by atoms with Crippen molar-refractivity contribution in [1.82, 2.24) is 5.48 Å². The first-order valence-corrected chi connectivity index (χ1v) is 4.32. The maximum atomic E-state index is 10.6. The summed E-state index contributed by atoms with van der Waals surface area (Å²) in [4.78, 5) is 15.5. The fraction of sp³-hybridized carbons (Fsp3) is 0.444. The zero-order chi connectivity index (χ0) is 10.6. The van der Waals surface area contributed by atoms with E-state index in [0.29, 0.717) is 24.5 Å². The SMILES string of the molecule is CCONCc1cc(C)c(C(=O)O)o1. The number of aryl methyl sites for hydroxylation is 1. The smallest absolute Gasteiger partial charge is 0.372 e. The number of hydrogen-bond donors (Lipinski definition) is 2. The van der Waals surface area contributed by atoms with Gasteiger partial charge in [0.2, 0.25) is 5.76 Å². The summed E-state index contributed by atoms with van der Waals surface area (Å²) in [5.41, 5.74) is 3.26. The Hall–Kier alpha value is -1.33. The molecule has 1 aromatic rings. The second-order valence-corrected chi connectivity index (χ2v) is 2.78. The summed E-state index contributed by atoms with van der Waals surface area (Å²) in [5, 5.41) is 8.71. The third-order valence-corrected chi connectivity index (χ3v) is 1.66. The predicted molar refractivity (Wildman–Crippen MR) is 48.9 cm³/mol. The highest BCUT2D eigenvalue weighted by molar-refractivity contribution is 5.86. The molecule has 78 valence electrons. The fourth-order valence-corrected chi connectivity index (χ4v) is 1.07. The third-order valence-electron chi connectivity index (χ3n) is 1.66. The van der Waals surface area contributed by atoms with Crippen LogP contribution in [0.15, 0.2) is 10.5 Å². The number of carbonyl (C=O) groups is 1. The zero-order valence-corrected chi connectivity index (χ0v) is 8.16. The molecular formula is C9H13NO4. The highest BCUT2D eigenvalue weighted by Gasteiger charge is 2.13. The molecule has 2 N–H and O–H groups in total. The molecule has 5 nitrogen and oxygen atoms in total. The van der Waals surface area contributed by atoms with E-state index in [4.69, 9.17) is 14.4 Å². The lowest BCUT2D eigenvalue weighted by Crippen LogP contribution is -2.12. The van der Waals surface area contributed by atoms with Gasteiger partial charge in [0.05, 0.1) is 13.2 Å². The van der Waals surface area contributed by atoms with Gasteiger partial charge in [-0.05, 0) is 19.9 Å². The van der Waals surface area contributed by atoms with Crippen LogP contribution in [0.3, 0.4) is 0 Å². The Morgan fingerprint density at radius 3 is 2.93 bits per heavy atom. The van der Waals surface area contributed by atoms with Gasteiger partial charge in [0.25, 0.3) is 0 Å². The molecule has 1 aromatic heterocycles. The summed E-state index contributed by atoms with van der Waals surface area (Å²) in [6.07, 6.45) is 0. The number of furan rings is 1. The van der Waals surface area contributed by atoms with E-state index in [1.165, 1.54) is 0 Å². The summed E-state index contributed by atoms with van der Waals surface area (Å²) in [5.74, 6) is -0.517. The lowest BCUT2D eigenvalue weighted by molar-refractivity contribution is 0.0416. The van der Waals surface area contributed by atoms with E-state index >= 15 is 0 Å². The highest BCUT2D eigenvalue weighted by Crippen LogP contribution is 2.14. The molecule has 14 heavy (non-hydrogen) atoms. The van der Waals surface area contributed by atoms with E-state index in [-0.39, 0.29) is 5.76 Å². The van der Waals surface area contributed by atoms with E-state index in [9.17, 15) is 4.79 Å². The van der Waals surface area contributed by atoms with Crippen molar-refractivity contribution in [3.05, 3.63) is 23.2 Å². The average Bonchev–Trinajstić information content (AvgIpc) is 2.47. The first kappa shape index (κ1) is 10.7. The molecule has 0 aliphatic heterocycles. The molecular weight excluding hydrogens is 186 g/mol. The number of aromatic carboxylic acids is 1. The van der Waals surface area contributed by atoms with Crippen LogP contribution in [0.2, 0.25) is 0 Å². The van der Waals surface area contributed by atoms with Gasteiger partial charge in [-0.1, -0.05) is 0 Å². The van der Waals surface area contributed by atoms with Gasteiger partial charge in [-0.3, -0.25) is 0 Å². The molecule has 0 aromatic carbocycles. The van der Waals surface area contributed by atoms with Crippen molar-refractivity contribution in [2.75, 3.05) is 6.61 Å². The quantitative estimate of drug-likeness (QED) is 0.553. The molecule has 0 radical (unpaired) electrons. The van der Waals surface area contributed by atoms with Gasteiger partial charge >= 0.3 is 5.97 Å². The van der Waals surface area contributed by atoms with E-state index in [0.717, 1.165) is 0 Å². The van der Waals surface area contributed by atoms with Crippen LogP contribution in [0.1, 0.15) is 28.8 Å². The van der Waals surface area contributed by atoms with Crippen molar-refractivity contribution in [1.29, 1.82) is 0 Å². The van der Waals surface area contributed by atoms with Crippen LogP contribution in [0.5, 0.6) is 0 Å². The van der Waals surface area contributed by atoms with E-state index in [1.54, 1.807) is 13.0 Å². The van der Waals surface area contributed by atoms with Crippen LogP contribution in [0.4, 0.5) is 0 Å². The van der Waals surface area contributed by atoms with Gasteiger partial charge in [0, 0.05) is 5.56 Å². The Morgan fingerprint density at radius 2 is 2.43 bits per heavy atom. The van der Waals surface area contributed by atoms with E-state index < -0.39 is 5.97 Å². The Balaban J connectivity index is 2.62. The summed E-state index contributed by atoms with van der Waals surface area (Å²) in [6.45, 7) is 4.45. The molecule has 0 saturated heterocycles. The van der Waals surface area contributed by atoms with Crippen molar-refractivity contribution in [3.8, 4) is 0 Å². The van der Waals surface area contributed by atoms with Gasteiger partial charge < -0.3 is 14.4 Å². The lowest BCUT2D eigenvalue weighted by Gasteiger charge is -1.99. The van der Waals surface area contributed by atoms with Crippen molar-refractivity contribution in [2.24, 2.45) is 0 Å². The van der Waals surface area contributed by atoms with Gasteiger partial charge in [0.15, 0.2) is 0 Å². The maximum absolute atomic E-state index is 10.6. The Labute approximate surface area is 81.6 Å². The summed E-state index contributed by atoms with van der Waals surface area (Å²) < 4.78 is 5.08. The molecule has 0 unspecified atom stereocenters. The monoisotopic (exact) mass is 199 g/mol. The van der Waals surface area contributed by atoms with Gasteiger partial charge in [-0.25, -0.2) is 4.79 Å². The number of rotatable bonds is 5. The van der Waals surface area contributed by atoms with Crippen molar-refractivity contribution in [3.63, 3.8) is 0 Å². The minimum absolute atomic E-state index is 0.0155. The predicted octanol–water partition coefficient (Wildman–Crippen LogP) is 1.33. The molecule has 0 aliphatic carbocycles. The minimum Gasteiger partial charge on any atom is -0.475 e. The molecule has 5 heteroatoms. The molecule has 0 bridgehead atoms. The minimum atomic E-state index is -1.05. The lowest BCUT2D eigenvalue weighted by atomic mass is 10.2. The normalized spacial score (nSPS) is 10.4. The molecule has 0 aliphatic rings. The van der Waals surface area contributed by atoms with Crippen molar-refractivity contribution < 1.29 is 19.2 Å². The second kappa shape index (κ2) is 4.78.